The van der Waals surface area contributed by atoms with Gasteiger partial charge in [0.15, 0.2) is 0 Å². The average Bonchev–Trinajstić information content (AvgIpc) is 2.83. The number of aliphatic hydroxyl groups is 1. The van der Waals surface area contributed by atoms with E-state index in [-0.39, 0.29) is 12.6 Å². The zero-order valence-corrected chi connectivity index (χ0v) is 22.6. The van der Waals surface area contributed by atoms with Gasteiger partial charge in [0, 0.05) is 14.8 Å². The van der Waals surface area contributed by atoms with Gasteiger partial charge < -0.3 is 19.9 Å². The molecule has 0 aliphatic rings. The number of aryl methyl sites for hydroxylation is 1. The summed E-state index contributed by atoms with van der Waals surface area (Å²) < 4.78 is 11.2. The maximum Gasteiger partial charge on any atom is 0.407 e. The molecule has 36 heavy (non-hydrogen) atoms. The molecule has 0 aliphatic heterocycles. The van der Waals surface area contributed by atoms with E-state index in [2.05, 4.69) is 17.4 Å². The van der Waals surface area contributed by atoms with Gasteiger partial charge in [0.2, 0.25) is 0 Å². The first-order valence-electron chi connectivity index (χ1n) is 12.1. The van der Waals surface area contributed by atoms with Crippen molar-refractivity contribution in [3.05, 3.63) is 88.9 Å². The largest absolute Gasteiger partial charge is 0.489 e. The van der Waals surface area contributed by atoms with Crippen LogP contribution in [0, 0.1) is 0 Å². The molecule has 1 unspecified atom stereocenters. The maximum absolute atomic E-state index is 11.9. The quantitative estimate of drug-likeness (QED) is 0.274. The summed E-state index contributed by atoms with van der Waals surface area (Å²) in [4.78, 5) is 14.1. The highest BCUT2D eigenvalue weighted by Crippen LogP contribution is 2.33. The molecule has 0 fully saturated rings. The van der Waals surface area contributed by atoms with Crippen molar-refractivity contribution < 1.29 is 19.4 Å². The molecular weight excluding hydrogens is 494 g/mol. The van der Waals surface area contributed by atoms with Gasteiger partial charge in [-0.25, -0.2) is 4.79 Å². The number of carbonyl (C=O) groups is 1. The number of nitrogens with one attached hydrogen (secondary N) is 1. The Morgan fingerprint density at radius 1 is 1.03 bits per heavy atom. The number of rotatable bonds is 11. The lowest BCUT2D eigenvalue weighted by Gasteiger charge is -2.22. The fraction of sp³-hybridized carbons (Fsp3) is 0.345. The van der Waals surface area contributed by atoms with Crippen LogP contribution in [0.5, 0.6) is 5.75 Å². The number of amides is 1. The summed E-state index contributed by atoms with van der Waals surface area (Å²) in [6, 6.07) is 23.8. The minimum absolute atomic E-state index is 0.142. The van der Waals surface area contributed by atoms with Crippen LogP contribution in [-0.2, 0) is 17.8 Å². The van der Waals surface area contributed by atoms with Crippen LogP contribution in [0.1, 0.15) is 44.7 Å². The molecule has 7 heteroatoms. The molecule has 1 amide bonds. The molecule has 2 N–H and O–H groups in total. The number of hydrogen-bond donors (Lipinski definition) is 2. The molecule has 0 bridgehead atoms. The molecule has 1 atom stereocenters. The van der Waals surface area contributed by atoms with Gasteiger partial charge in [-0.15, -0.1) is 0 Å². The summed E-state index contributed by atoms with van der Waals surface area (Å²) in [5, 5.41) is 13.0. The van der Waals surface area contributed by atoms with E-state index < -0.39 is 11.7 Å². The summed E-state index contributed by atoms with van der Waals surface area (Å²) in [5.74, 6) is 0.824. The third-order valence-corrected chi connectivity index (χ3v) is 6.59. The maximum atomic E-state index is 11.9. The van der Waals surface area contributed by atoms with Gasteiger partial charge in [-0.3, -0.25) is 0 Å². The first-order chi connectivity index (χ1) is 17.2. The zero-order chi connectivity index (χ0) is 26.0. The van der Waals surface area contributed by atoms with Crippen molar-refractivity contribution in [2.45, 2.75) is 68.1 Å². The molecule has 3 aromatic carbocycles. The van der Waals surface area contributed by atoms with Crippen molar-refractivity contribution in [2.75, 3.05) is 6.61 Å². The van der Waals surface area contributed by atoms with Crippen LogP contribution in [0.3, 0.4) is 0 Å². The van der Waals surface area contributed by atoms with Crippen LogP contribution < -0.4 is 10.1 Å². The molecule has 0 saturated heterocycles. The number of halogens is 1. The summed E-state index contributed by atoms with van der Waals surface area (Å²) >= 11 is 8.20. The van der Waals surface area contributed by atoms with Crippen molar-refractivity contribution in [3.63, 3.8) is 0 Å². The van der Waals surface area contributed by atoms with Gasteiger partial charge in [0.05, 0.1) is 12.6 Å². The molecule has 0 radical (unpaired) electrons. The van der Waals surface area contributed by atoms with Gasteiger partial charge in [0.1, 0.15) is 18.0 Å². The van der Waals surface area contributed by atoms with Gasteiger partial charge in [-0.05, 0) is 81.5 Å². The molecule has 0 spiro atoms. The van der Waals surface area contributed by atoms with Gasteiger partial charge in [-0.1, -0.05) is 65.8 Å². The summed E-state index contributed by atoms with van der Waals surface area (Å²) in [6.45, 7) is 5.81. The van der Waals surface area contributed by atoms with Crippen molar-refractivity contribution in [1.29, 1.82) is 0 Å². The van der Waals surface area contributed by atoms with Crippen molar-refractivity contribution in [3.8, 4) is 5.75 Å². The Morgan fingerprint density at radius 3 is 2.47 bits per heavy atom. The molecule has 0 aromatic heterocycles. The first-order valence-corrected chi connectivity index (χ1v) is 13.2. The number of ether oxygens (including phenoxy) is 2. The van der Waals surface area contributed by atoms with E-state index in [0.717, 1.165) is 39.5 Å². The van der Waals surface area contributed by atoms with Gasteiger partial charge >= 0.3 is 6.09 Å². The van der Waals surface area contributed by atoms with E-state index in [4.69, 9.17) is 21.1 Å². The van der Waals surface area contributed by atoms with E-state index in [1.54, 1.807) is 32.5 Å². The van der Waals surface area contributed by atoms with Crippen LogP contribution in [0.4, 0.5) is 4.79 Å². The molecule has 0 aliphatic carbocycles. The van der Waals surface area contributed by atoms with Gasteiger partial charge in [0.25, 0.3) is 0 Å². The predicted octanol–water partition coefficient (Wildman–Crippen LogP) is 7.28. The lowest BCUT2D eigenvalue weighted by Crippen LogP contribution is -2.41. The predicted molar refractivity (Wildman–Crippen MR) is 146 cm³/mol. The monoisotopic (exact) mass is 527 g/mol. The molecule has 3 aromatic rings. The van der Waals surface area contributed by atoms with Crippen LogP contribution in [0.2, 0.25) is 5.02 Å². The Bertz CT molecular complexity index is 1120. The fourth-order valence-corrected chi connectivity index (χ4v) is 4.77. The Morgan fingerprint density at radius 2 is 1.78 bits per heavy atom. The van der Waals surface area contributed by atoms with E-state index in [1.807, 2.05) is 60.7 Å². The van der Waals surface area contributed by atoms with Crippen LogP contribution in [0.25, 0.3) is 0 Å². The fourth-order valence-electron chi connectivity index (χ4n) is 3.52. The smallest absolute Gasteiger partial charge is 0.407 e. The second kappa shape index (κ2) is 13.6. The van der Waals surface area contributed by atoms with E-state index in [9.17, 15) is 9.90 Å². The number of benzene rings is 3. The molecule has 0 saturated carbocycles. The highest BCUT2D eigenvalue weighted by atomic mass is 35.5. The lowest BCUT2D eigenvalue weighted by molar-refractivity contribution is 0.0478. The number of carbonyl (C=O) groups excluding carboxylic acids is 1. The molecule has 0 heterocycles. The minimum Gasteiger partial charge on any atom is -0.489 e. The molecule has 3 rings (SSSR count). The second-order valence-corrected chi connectivity index (χ2v) is 11.1. The molecule has 192 valence electrons. The van der Waals surface area contributed by atoms with Crippen molar-refractivity contribution >= 4 is 29.5 Å². The Kier molecular flexibility index (Phi) is 10.5. The van der Waals surface area contributed by atoms with Crippen LogP contribution >= 0.6 is 23.4 Å². The normalized spacial score (nSPS) is 12.1. The Balaban J connectivity index is 1.50. The number of alkyl carbamates (subject to hydrolysis) is 1. The third-order valence-electron chi connectivity index (χ3n) is 5.25. The van der Waals surface area contributed by atoms with Crippen molar-refractivity contribution in [1.82, 2.24) is 5.32 Å². The van der Waals surface area contributed by atoms with E-state index in [0.29, 0.717) is 18.1 Å². The molecule has 5 nitrogen and oxygen atoms in total. The second-order valence-electron chi connectivity index (χ2n) is 9.52. The number of hydrogen-bond acceptors (Lipinski definition) is 5. The topological polar surface area (TPSA) is 67.8 Å². The summed E-state index contributed by atoms with van der Waals surface area (Å²) in [6.07, 6.45) is 1.63. The highest BCUT2D eigenvalue weighted by molar-refractivity contribution is 7.99. The lowest BCUT2D eigenvalue weighted by atomic mass is 10.0. The van der Waals surface area contributed by atoms with Gasteiger partial charge in [-0.2, -0.15) is 0 Å². The van der Waals surface area contributed by atoms with Crippen LogP contribution in [0.15, 0.2) is 82.6 Å². The zero-order valence-electron chi connectivity index (χ0n) is 21.0. The average molecular weight is 528 g/mol. The standard InChI is InChI=1S/C29H34ClNO4S/c1-29(2,3)35-28(33)31-23(19-32)12-7-11-22-15-16-26(18-27(22)30)36-25-14-8-13-24(17-25)34-20-21-9-5-4-6-10-21/h4-6,8-10,13-18,23,32H,7,11-12,19-20H2,1-3H3,(H,31,33). The highest BCUT2D eigenvalue weighted by Gasteiger charge is 2.19. The Labute approximate surface area is 223 Å². The van der Waals surface area contributed by atoms with E-state index in [1.165, 1.54) is 0 Å². The third kappa shape index (κ3) is 9.76. The van der Waals surface area contributed by atoms with Crippen molar-refractivity contribution in [2.24, 2.45) is 0 Å². The SMILES string of the molecule is CC(C)(C)OC(=O)NC(CO)CCCc1ccc(Sc2cccc(OCc3ccccc3)c2)cc1Cl. The van der Waals surface area contributed by atoms with Crippen LogP contribution in [-0.4, -0.2) is 29.4 Å². The Hall–Kier alpha value is -2.67. The molecular formula is C29H34ClNO4S. The minimum atomic E-state index is -0.576. The van der Waals surface area contributed by atoms with E-state index >= 15 is 0 Å². The number of aliphatic hydroxyl groups excluding tert-OH is 1. The summed E-state index contributed by atoms with van der Waals surface area (Å²) in [7, 11) is 0. The summed E-state index contributed by atoms with van der Waals surface area (Å²) in [5.41, 5.74) is 1.59. The first kappa shape index (κ1) is 27.9.